The molecule has 2 nitrogen and oxygen atoms in total. The molecule has 0 bridgehead atoms. The fraction of sp³-hybridized carbons (Fsp3) is 0.333. The summed E-state index contributed by atoms with van der Waals surface area (Å²) < 4.78 is 15.2. The van der Waals surface area contributed by atoms with Gasteiger partial charge in [0.15, 0.2) is 0 Å². The minimum absolute atomic E-state index is 0.0366. The van der Waals surface area contributed by atoms with E-state index in [-0.39, 0.29) is 11.9 Å². The standard InChI is InChI=1S/C12H15FN2/c1-7-10-6-9(13)4-5-11(10)15(3)12(7)8(2)14/h4-6,8H,14H2,1-3H3. The molecule has 0 saturated heterocycles. The monoisotopic (exact) mass is 206 g/mol. The van der Waals surface area contributed by atoms with Crippen molar-refractivity contribution in [3.8, 4) is 0 Å². The molecule has 2 rings (SSSR count). The SMILES string of the molecule is Cc1c(C(C)N)n(C)c2ccc(F)cc12. The third-order valence-corrected chi connectivity index (χ3v) is 2.90. The third-order valence-electron chi connectivity index (χ3n) is 2.90. The summed E-state index contributed by atoms with van der Waals surface area (Å²) >= 11 is 0. The number of aromatic nitrogens is 1. The highest BCUT2D eigenvalue weighted by Crippen LogP contribution is 2.28. The van der Waals surface area contributed by atoms with Crippen molar-refractivity contribution >= 4 is 10.9 Å². The summed E-state index contributed by atoms with van der Waals surface area (Å²) in [6.45, 7) is 3.93. The van der Waals surface area contributed by atoms with E-state index in [0.29, 0.717) is 0 Å². The van der Waals surface area contributed by atoms with Gasteiger partial charge in [-0.25, -0.2) is 4.39 Å². The van der Waals surface area contributed by atoms with E-state index in [4.69, 9.17) is 5.73 Å². The van der Waals surface area contributed by atoms with Crippen molar-refractivity contribution in [3.63, 3.8) is 0 Å². The molecular formula is C12H15FN2. The van der Waals surface area contributed by atoms with E-state index in [0.717, 1.165) is 22.2 Å². The number of aryl methyl sites for hydroxylation is 2. The Labute approximate surface area is 88.5 Å². The van der Waals surface area contributed by atoms with Crippen LogP contribution in [-0.2, 0) is 7.05 Å². The Balaban J connectivity index is 2.85. The second-order valence-electron chi connectivity index (χ2n) is 4.02. The van der Waals surface area contributed by atoms with Gasteiger partial charge in [0.1, 0.15) is 5.82 Å². The van der Waals surface area contributed by atoms with Crippen LogP contribution in [0.25, 0.3) is 10.9 Å². The number of benzene rings is 1. The van der Waals surface area contributed by atoms with Crippen LogP contribution in [0.1, 0.15) is 24.2 Å². The zero-order valence-corrected chi connectivity index (χ0v) is 9.21. The zero-order chi connectivity index (χ0) is 11.2. The number of hydrogen-bond donors (Lipinski definition) is 1. The second-order valence-corrected chi connectivity index (χ2v) is 4.02. The molecule has 0 saturated carbocycles. The second kappa shape index (κ2) is 3.35. The minimum Gasteiger partial charge on any atom is -0.346 e. The molecule has 0 aliphatic heterocycles. The molecule has 0 aliphatic carbocycles. The van der Waals surface area contributed by atoms with E-state index in [1.54, 1.807) is 12.1 Å². The van der Waals surface area contributed by atoms with E-state index < -0.39 is 0 Å². The minimum atomic E-state index is -0.201. The molecule has 80 valence electrons. The van der Waals surface area contributed by atoms with Gasteiger partial charge < -0.3 is 10.3 Å². The number of hydrogen-bond acceptors (Lipinski definition) is 1. The van der Waals surface area contributed by atoms with Gasteiger partial charge in [-0.3, -0.25) is 0 Å². The number of fused-ring (bicyclic) bond motifs is 1. The average molecular weight is 206 g/mol. The lowest BCUT2D eigenvalue weighted by Gasteiger charge is -2.08. The van der Waals surface area contributed by atoms with Crippen LogP contribution in [0.3, 0.4) is 0 Å². The molecular weight excluding hydrogens is 191 g/mol. The maximum Gasteiger partial charge on any atom is 0.123 e. The Morgan fingerprint density at radius 1 is 1.40 bits per heavy atom. The fourth-order valence-corrected chi connectivity index (χ4v) is 2.27. The predicted molar refractivity (Wildman–Crippen MR) is 60.2 cm³/mol. The lowest BCUT2D eigenvalue weighted by molar-refractivity contribution is 0.629. The number of nitrogens with zero attached hydrogens (tertiary/aromatic N) is 1. The first-order valence-corrected chi connectivity index (χ1v) is 5.02. The smallest absolute Gasteiger partial charge is 0.123 e. The fourth-order valence-electron chi connectivity index (χ4n) is 2.27. The van der Waals surface area contributed by atoms with E-state index >= 15 is 0 Å². The van der Waals surface area contributed by atoms with Gasteiger partial charge in [-0.2, -0.15) is 0 Å². The van der Waals surface area contributed by atoms with Crippen molar-refractivity contribution < 1.29 is 4.39 Å². The highest BCUT2D eigenvalue weighted by molar-refractivity contribution is 5.85. The first kappa shape index (κ1) is 10.2. The molecule has 1 aromatic heterocycles. The van der Waals surface area contributed by atoms with Crippen LogP contribution in [0.2, 0.25) is 0 Å². The maximum absolute atomic E-state index is 13.1. The average Bonchev–Trinajstić information content (AvgIpc) is 2.39. The molecule has 15 heavy (non-hydrogen) atoms. The van der Waals surface area contributed by atoms with Gasteiger partial charge in [-0.1, -0.05) is 0 Å². The summed E-state index contributed by atoms with van der Waals surface area (Å²) in [5, 5.41) is 0.949. The van der Waals surface area contributed by atoms with Crippen LogP contribution in [0.15, 0.2) is 18.2 Å². The Morgan fingerprint density at radius 3 is 2.67 bits per heavy atom. The van der Waals surface area contributed by atoms with Crippen LogP contribution in [0.5, 0.6) is 0 Å². The van der Waals surface area contributed by atoms with Crippen molar-refractivity contribution in [2.75, 3.05) is 0 Å². The lowest BCUT2D eigenvalue weighted by atomic mass is 10.1. The summed E-state index contributed by atoms with van der Waals surface area (Å²) in [6, 6.07) is 4.80. The summed E-state index contributed by atoms with van der Waals surface area (Å²) in [7, 11) is 1.96. The van der Waals surface area contributed by atoms with E-state index in [1.165, 1.54) is 6.07 Å². The molecule has 2 aromatic rings. The van der Waals surface area contributed by atoms with E-state index in [1.807, 2.05) is 25.5 Å². The van der Waals surface area contributed by atoms with Crippen LogP contribution < -0.4 is 5.73 Å². The molecule has 0 radical (unpaired) electrons. The normalized spacial score (nSPS) is 13.4. The van der Waals surface area contributed by atoms with Gasteiger partial charge in [-0.05, 0) is 37.6 Å². The van der Waals surface area contributed by atoms with Crippen LogP contribution in [0.4, 0.5) is 4.39 Å². The summed E-state index contributed by atoms with van der Waals surface area (Å²) in [4.78, 5) is 0. The van der Waals surface area contributed by atoms with Gasteiger partial charge in [-0.15, -0.1) is 0 Å². The van der Waals surface area contributed by atoms with Gasteiger partial charge in [0.2, 0.25) is 0 Å². The molecule has 1 heterocycles. The molecule has 3 heteroatoms. The topological polar surface area (TPSA) is 30.9 Å². The van der Waals surface area contributed by atoms with Gasteiger partial charge in [0, 0.05) is 29.7 Å². The van der Waals surface area contributed by atoms with Crippen LogP contribution in [0, 0.1) is 12.7 Å². The zero-order valence-electron chi connectivity index (χ0n) is 9.21. The van der Waals surface area contributed by atoms with Crippen molar-refractivity contribution in [2.24, 2.45) is 12.8 Å². The van der Waals surface area contributed by atoms with Crippen molar-refractivity contribution in [3.05, 3.63) is 35.3 Å². The molecule has 0 aliphatic rings. The maximum atomic E-state index is 13.1. The summed E-state index contributed by atoms with van der Waals surface area (Å²) in [5.41, 5.74) is 9.07. The van der Waals surface area contributed by atoms with Crippen molar-refractivity contribution in [1.82, 2.24) is 4.57 Å². The largest absolute Gasteiger partial charge is 0.346 e. The van der Waals surface area contributed by atoms with Crippen molar-refractivity contribution in [1.29, 1.82) is 0 Å². The van der Waals surface area contributed by atoms with Crippen LogP contribution in [-0.4, -0.2) is 4.57 Å². The van der Waals surface area contributed by atoms with Gasteiger partial charge >= 0.3 is 0 Å². The summed E-state index contributed by atoms with van der Waals surface area (Å²) in [5.74, 6) is -0.201. The number of rotatable bonds is 1. The predicted octanol–water partition coefficient (Wildman–Crippen LogP) is 2.65. The Hall–Kier alpha value is -1.35. The molecule has 0 fully saturated rings. The van der Waals surface area contributed by atoms with Crippen LogP contribution >= 0.6 is 0 Å². The molecule has 1 unspecified atom stereocenters. The molecule has 1 atom stereocenters. The molecule has 2 N–H and O–H groups in total. The molecule has 1 aromatic carbocycles. The Bertz CT molecular complexity index is 512. The first-order chi connectivity index (χ1) is 7.02. The van der Waals surface area contributed by atoms with Crippen molar-refractivity contribution in [2.45, 2.75) is 19.9 Å². The summed E-state index contributed by atoms with van der Waals surface area (Å²) in [6.07, 6.45) is 0. The molecule has 0 amide bonds. The Morgan fingerprint density at radius 2 is 2.07 bits per heavy atom. The number of halogens is 1. The molecule has 0 spiro atoms. The van der Waals surface area contributed by atoms with Gasteiger partial charge in [0.05, 0.1) is 0 Å². The first-order valence-electron chi connectivity index (χ1n) is 5.02. The van der Waals surface area contributed by atoms with E-state index in [9.17, 15) is 4.39 Å². The number of nitrogens with two attached hydrogens (primary N) is 1. The van der Waals surface area contributed by atoms with E-state index in [2.05, 4.69) is 0 Å². The highest BCUT2D eigenvalue weighted by atomic mass is 19.1. The third kappa shape index (κ3) is 1.43. The quantitative estimate of drug-likeness (QED) is 0.764. The Kier molecular flexibility index (Phi) is 2.27. The highest BCUT2D eigenvalue weighted by Gasteiger charge is 2.14. The van der Waals surface area contributed by atoms with Gasteiger partial charge in [0.25, 0.3) is 0 Å². The lowest BCUT2D eigenvalue weighted by Crippen LogP contribution is -2.11.